The maximum absolute atomic E-state index is 12.0. The number of rotatable bonds is 1. The average Bonchev–Trinajstić information content (AvgIpc) is 2.57. The molecule has 1 fully saturated rings. The first-order valence-corrected chi connectivity index (χ1v) is 4.93. The van der Waals surface area contributed by atoms with E-state index >= 15 is 0 Å². The average molecular weight is 223 g/mol. The number of carbonyl (C=O) groups is 2. The molecule has 7 nitrogen and oxygen atoms in total. The van der Waals surface area contributed by atoms with Crippen molar-refractivity contribution in [3.8, 4) is 0 Å². The van der Waals surface area contributed by atoms with E-state index in [0.29, 0.717) is 18.8 Å². The highest BCUT2D eigenvalue weighted by atomic mass is 16.2. The lowest BCUT2D eigenvalue weighted by molar-refractivity contribution is -0.123. The van der Waals surface area contributed by atoms with Crippen LogP contribution in [0.1, 0.15) is 10.5 Å². The zero-order chi connectivity index (χ0) is 11.7. The summed E-state index contributed by atoms with van der Waals surface area (Å²) in [6.07, 6.45) is 1.57. The number of amides is 2. The number of piperazine rings is 1. The molecule has 2 rings (SSSR count). The molecule has 2 heterocycles. The molecule has 0 aromatic carbocycles. The first kappa shape index (κ1) is 10.5. The number of nitrogens with two attached hydrogens (primary N) is 1. The van der Waals surface area contributed by atoms with Crippen LogP contribution in [0, 0.1) is 0 Å². The number of aryl methyl sites for hydroxylation is 1. The molecule has 1 aliphatic rings. The van der Waals surface area contributed by atoms with Crippen LogP contribution in [-0.2, 0) is 11.8 Å². The van der Waals surface area contributed by atoms with Gasteiger partial charge in [0.15, 0.2) is 5.69 Å². The summed E-state index contributed by atoms with van der Waals surface area (Å²) in [5.74, 6) is -0.456. The third kappa shape index (κ3) is 1.83. The first-order valence-electron chi connectivity index (χ1n) is 4.93. The summed E-state index contributed by atoms with van der Waals surface area (Å²) in [4.78, 5) is 24.5. The van der Waals surface area contributed by atoms with Gasteiger partial charge in [-0.15, -0.1) is 0 Å². The van der Waals surface area contributed by atoms with E-state index in [2.05, 4.69) is 10.4 Å². The number of hydrogen-bond acceptors (Lipinski definition) is 4. The summed E-state index contributed by atoms with van der Waals surface area (Å²) in [5.41, 5.74) is 6.19. The molecule has 0 radical (unpaired) electrons. The molecule has 0 bridgehead atoms. The van der Waals surface area contributed by atoms with Crippen LogP contribution >= 0.6 is 0 Å². The lowest BCUT2D eigenvalue weighted by atomic mass is 10.3. The van der Waals surface area contributed by atoms with Crippen molar-refractivity contribution in [1.82, 2.24) is 20.0 Å². The van der Waals surface area contributed by atoms with E-state index < -0.39 is 0 Å². The molecule has 7 heteroatoms. The summed E-state index contributed by atoms with van der Waals surface area (Å²) in [6, 6.07) is 0. The highest BCUT2D eigenvalue weighted by Crippen LogP contribution is 2.11. The van der Waals surface area contributed by atoms with E-state index in [4.69, 9.17) is 5.73 Å². The number of carbonyl (C=O) groups excluding carboxylic acids is 2. The molecule has 0 saturated carbocycles. The third-order valence-electron chi connectivity index (χ3n) is 2.39. The molecule has 0 aliphatic carbocycles. The lowest BCUT2D eigenvalue weighted by Crippen LogP contribution is -2.50. The van der Waals surface area contributed by atoms with E-state index in [1.165, 1.54) is 9.58 Å². The van der Waals surface area contributed by atoms with Crippen molar-refractivity contribution < 1.29 is 9.59 Å². The predicted molar refractivity (Wildman–Crippen MR) is 56.5 cm³/mol. The summed E-state index contributed by atoms with van der Waals surface area (Å²) in [7, 11) is 1.69. The lowest BCUT2D eigenvalue weighted by Gasteiger charge is -2.25. The van der Waals surface area contributed by atoms with Crippen LogP contribution in [0.2, 0.25) is 0 Å². The Bertz CT molecular complexity index is 439. The van der Waals surface area contributed by atoms with Gasteiger partial charge >= 0.3 is 0 Å². The summed E-state index contributed by atoms with van der Waals surface area (Å²) < 4.78 is 1.48. The van der Waals surface area contributed by atoms with Gasteiger partial charge in [-0.1, -0.05) is 0 Å². The normalized spacial score (nSPS) is 16.1. The van der Waals surface area contributed by atoms with Crippen LogP contribution in [0.25, 0.3) is 0 Å². The molecule has 0 atom stereocenters. The zero-order valence-corrected chi connectivity index (χ0v) is 8.93. The quantitative estimate of drug-likeness (QED) is 0.610. The maximum Gasteiger partial charge on any atom is 0.277 e. The second-order valence-corrected chi connectivity index (χ2v) is 3.68. The van der Waals surface area contributed by atoms with Gasteiger partial charge in [0.1, 0.15) is 0 Å². The van der Waals surface area contributed by atoms with E-state index in [1.54, 1.807) is 13.2 Å². The van der Waals surface area contributed by atoms with Crippen LogP contribution in [0.5, 0.6) is 0 Å². The number of hydrogen-bond donors (Lipinski definition) is 2. The zero-order valence-electron chi connectivity index (χ0n) is 8.93. The van der Waals surface area contributed by atoms with Crippen LogP contribution in [-0.4, -0.2) is 46.1 Å². The van der Waals surface area contributed by atoms with Gasteiger partial charge < -0.3 is 16.0 Å². The second-order valence-electron chi connectivity index (χ2n) is 3.68. The minimum absolute atomic E-state index is 0.0643. The molecule has 1 saturated heterocycles. The Kier molecular flexibility index (Phi) is 2.51. The van der Waals surface area contributed by atoms with E-state index in [1.807, 2.05) is 0 Å². The molecule has 1 aromatic heterocycles. The predicted octanol–water partition coefficient (Wildman–Crippen LogP) is -1.43. The van der Waals surface area contributed by atoms with Gasteiger partial charge in [-0.3, -0.25) is 14.3 Å². The molecule has 86 valence electrons. The number of nitrogen functional groups attached to an aromatic ring is 1. The fourth-order valence-corrected chi connectivity index (χ4v) is 1.63. The molecule has 0 spiro atoms. The SMILES string of the molecule is Cn1cc(N)c(C(=O)N2CCNC(=O)C2)n1. The van der Waals surface area contributed by atoms with Crippen molar-refractivity contribution in [2.24, 2.45) is 7.05 Å². The Hall–Kier alpha value is -2.05. The van der Waals surface area contributed by atoms with Gasteiger partial charge in [0.05, 0.1) is 12.2 Å². The summed E-state index contributed by atoms with van der Waals surface area (Å²) in [6.45, 7) is 1.02. The highest BCUT2D eigenvalue weighted by molar-refractivity contribution is 5.99. The smallest absolute Gasteiger partial charge is 0.277 e. The molecule has 2 amide bonds. The van der Waals surface area contributed by atoms with Gasteiger partial charge in [0.25, 0.3) is 5.91 Å². The molecule has 16 heavy (non-hydrogen) atoms. The number of aromatic nitrogens is 2. The molecule has 1 aromatic rings. The Morgan fingerprint density at radius 3 is 2.94 bits per heavy atom. The summed E-state index contributed by atoms with van der Waals surface area (Å²) >= 11 is 0. The molecule has 0 unspecified atom stereocenters. The Morgan fingerprint density at radius 1 is 1.62 bits per heavy atom. The van der Waals surface area contributed by atoms with Gasteiger partial charge in [0, 0.05) is 26.3 Å². The Labute approximate surface area is 92.2 Å². The van der Waals surface area contributed by atoms with Crippen molar-refractivity contribution in [3.63, 3.8) is 0 Å². The minimum Gasteiger partial charge on any atom is -0.396 e. The molecule has 3 N–H and O–H groups in total. The van der Waals surface area contributed by atoms with Crippen LogP contribution in [0.4, 0.5) is 5.69 Å². The standard InChI is InChI=1S/C9H13N5O2/c1-13-4-6(10)8(12-13)9(16)14-3-2-11-7(15)5-14/h4H,2-3,5,10H2,1H3,(H,11,15). The van der Waals surface area contributed by atoms with Gasteiger partial charge in [-0.05, 0) is 0 Å². The number of nitrogens with one attached hydrogen (secondary N) is 1. The Morgan fingerprint density at radius 2 is 2.38 bits per heavy atom. The van der Waals surface area contributed by atoms with Crippen LogP contribution < -0.4 is 11.1 Å². The second kappa shape index (κ2) is 3.84. The highest BCUT2D eigenvalue weighted by Gasteiger charge is 2.25. The molecular formula is C9H13N5O2. The van der Waals surface area contributed by atoms with Crippen molar-refractivity contribution in [2.75, 3.05) is 25.4 Å². The van der Waals surface area contributed by atoms with Gasteiger partial charge in [-0.2, -0.15) is 5.10 Å². The Balaban J connectivity index is 2.18. The van der Waals surface area contributed by atoms with Crippen LogP contribution in [0.3, 0.4) is 0 Å². The van der Waals surface area contributed by atoms with Crippen molar-refractivity contribution >= 4 is 17.5 Å². The monoisotopic (exact) mass is 223 g/mol. The molecular weight excluding hydrogens is 210 g/mol. The first-order chi connectivity index (χ1) is 7.58. The number of nitrogens with zero attached hydrogens (tertiary/aromatic N) is 3. The van der Waals surface area contributed by atoms with Crippen molar-refractivity contribution in [1.29, 1.82) is 0 Å². The minimum atomic E-state index is -0.298. The fraction of sp³-hybridized carbons (Fsp3) is 0.444. The largest absolute Gasteiger partial charge is 0.396 e. The van der Waals surface area contributed by atoms with E-state index in [9.17, 15) is 9.59 Å². The van der Waals surface area contributed by atoms with E-state index in [-0.39, 0.29) is 24.1 Å². The number of anilines is 1. The summed E-state index contributed by atoms with van der Waals surface area (Å²) in [5, 5.41) is 6.63. The fourth-order valence-electron chi connectivity index (χ4n) is 1.63. The maximum atomic E-state index is 12.0. The third-order valence-corrected chi connectivity index (χ3v) is 2.39. The molecule has 1 aliphatic heterocycles. The van der Waals surface area contributed by atoms with Gasteiger partial charge in [0.2, 0.25) is 5.91 Å². The van der Waals surface area contributed by atoms with Crippen molar-refractivity contribution in [3.05, 3.63) is 11.9 Å². The van der Waals surface area contributed by atoms with Crippen LogP contribution in [0.15, 0.2) is 6.20 Å². The topological polar surface area (TPSA) is 93.2 Å². The van der Waals surface area contributed by atoms with E-state index in [0.717, 1.165) is 0 Å². The van der Waals surface area contributed by atoms with Gasteiger partial charge in [-0.25, -0.2) is 0 Å². The van der Waals surface area contributed by atoms with Crippen molar-refractivity contribution in [2.45, 2.75) is 0 Å².